The Morgan fingerprint density at radius 3 is 2.47 bits per heavy atom. The van der Waals surface area contributed by atoms with E-state index < -0.39 is 5.60 Å². The maximum Gasteiger partial charge on any atom is 0.407 e. The molecule has 0 spiro atoms. The van der Waals surface area contributed by atoms with E-state index in [-0.39, 0.29) is 6.09 Å². The van der Waals surface area contributed by atoms with Crippen LogP contribution in [0.25, 0.3) is 10.9 Å². The second-order valence-electron chi connectivity index (χ2n) is 8.35. The lowest BCUT2D eigenvalue weighted by Crippen LogP contribution is -2.33. The average Bonchev–Trinajstić information content (AvgIpc) is 2.64. The van der Waals surface area contributed by atoms with Gasteiger partial charge in [0.15, 0.2) is 11.5 Å². The summed E-state index contributed by atoms with van der Waals surface area (Å²) in [6.45, 7) is 8.55. The molecule has 8 nitrogen and oxygen atoms in total. The number of nitrogens with zero attached hydrogens (tertiary/aromatic N) is 3. The Morgan fingerprint density at radius 1 is 1.10 bits per heavy atom. The number of alkyl carbamates (subject to hydrolysis) is 1. The van der Waals surface area contributed by atoms with Crippen molar-refractivity contribution in [3.05, 3.63) is 18.0 Å². The van der Waals surface area contributed by atoms with E-state index in [1.54, 1.807) is 7.11 Å². The Bertz CT molecular complexity index is 862. The number of carbonyl (C=O) groups excluding carboxylic acids is 1. The maximum absolute atomic E-state index is 11.6. The van der Waals surface area contributed by atoms with Crippen LogP contribution in [0, 0.1) is 6.92 Å². The van der Waals surface area contributed by atoms with Crippen LogP contribution < -0.4 is 19.7 Å². The fraction of sp³-hybridized carbons (Fsp3) is 0.591. The maximum atomic E-state index is 11.6. The third-order valence-corrected chi connectivity index (χ3v) is 4.24. The van der Waals surface area contributed by atoms with Crippen molar-refractivity contribution in [1.82, 2.24) is 15.3 Å². The van der Waals surface area contributed by atoms with Crippen molar-refractivity contribution in [3.63, 3.8) is 0 Å². The Kier molecular flexibility index (Phi) is 8.08. The molecular formula is C22H34N4O4. The van der Waals surface area contributed by atoms with E-state index in [1.165, 1.54) is 0 Å². The van der Waals surface area contributed by atoms with Crippen molar-refractivity contribution in [1.29, 1.82) is 0 Å². The molecule has 0 saturated carbocycles. The number of nitrogens with one attached hydrogen (secondary N) is 1. The van der Waals surface area contributed by atoms with Crippen LogP contribution in [0.2, 0.25) is 0 Å². The predicted molar refractivity (Wildman–Crippen MR) is 119 cm³/mol. The van der Waals surface area contributed by atoms with Crippen molar-refractivity contribution in [2.24, 2.45) is 0 Å². The lowest BCUT2D eigenvalue weighted by Gasteiger charge is -2.19. The molecule has 0 atom stereocenters. The summed E-state index contributed by atoms with van der Waals surface area (Å²) in [6, 6.07) is 3.82. The highest BCUT2D eigenvalue weighted by Crippen LogP contribution is 2.35. The molecule has 0 aliphatic rings. The van der Waals surface area contributed by atoms with Gasteiger partial charge in [0.05, 0.1) is 19.2 Å². The van der Waals surface area contributed by atoms with Gasteiger partial charge >= 0.3 is 6.09 Å². The minimum atomic E-state index is -0.479. The van der Waals surface area contributed by atoms with Crippen LogP contribution in [0.1, 0.15) is 45.9 Å². The summed E-state index contributed by atoms with van der Waals surface area (Å²) in [6.07, 6.45) is 2.27. The highest BCUT2D eigenvalue weighted by Gasteiger charge is 2.16. The number of aryl methyl sites for hydroxylation is 1. The molecule has 1 heterocycles. The Hall–Kier alpha value is -2.77. The number of methoxy groups -OCH3 is 1. The van der Waals surface area contributed by atoms with Gasteiger partial charge in [0.2, 0.25) is 0 Å². The van der Waals surface area contributed by atoms with E-state index >= 15 is 0 Å². The summed E-state index contributed by atoms with van der Waals surface area (Å²) >= 11 is 0. The summed E-state index contributed by atoms with van der Waals surface area (Å²) in [5.41, 5.74) is 0.344. The topological polar surface area (TPSA) is 85.8 Å². The number of unbranched alkanes of at least 4 members (excludes halogenated alkanes) is 2. The number of aromatic nitrogens is 2. The number of anilines is 1. The molecule has 0 bridgehead atoms. The first-order valence-electron chi connectivity index (χ1n) is 10.2. The van der Waals surface area contributed by atoms with Crippen molar-refractivity contribution >= 4 is 22.8 Å². The number of amides is 1. The SMILES string of the molecule is COc1cc2c(N(C)C)nc(C)nc2cc1OCCCCCNC(=O)OC(C)(C)C. The quantitative estimate of drug-likeness (QED) is 0.614. The predicted octanol–water partition coefficient (Wildman–Crippen LogP) is 4.09. The number of hydrogen-bond acceptors (Lipinski definition) is 7. The molecule has 1 N–H and O–H groups in total. The molecule has 0 radical (unpaired) electrons. The summed E-state index contributed by atoms with van der Waals surface area (Å²) in [4.78, 5) is 22.6. The van der Waals surface area contributed by atoms with Crippen LogP contribution in [0.15, 0.2) is 12.1 Å². The minimum Gasteiger partial charge on any atom is -0.493 e. The highest BCUT2D eigenvalue weighted by molar-refractivity contribution is 5.92. The zero-order valence-corrected chi connectivity index (χ0v) is 19.2. The summed E-state index contributed by atoms with van der Waals surface area (Å²) in [5, 5.41) is 3.69. The summed E-state index contributed by atoms with van der Waals surface area (Å²) in [5.74, 6) is 2.88. The number of carbonyl (C=O) groups is 1. The fourth-order valence-corrected chi connectivity index (χ4v) is 2.94. The number of benzene rings is 1. The second kappa shape index (κ2) is 10.3. The van der Waals surface area contributed by atoms with Crippen LogP contribution in [0.3, 0.4) is 0 Å². The Labute approximate surface area is 178 Å². The first kappa shape index (κ1) is 23.5. The highest BCUT2D eigenvalue weighted by atomic mass is 16.6. The monoisotopic (exact) mass is 418 g/mol. The van der Waals surface area contributed by atoms with Gasteiger partial charge in [-0.2, -0.15) is 0 Å². The number of hydrogen-bond donors (Lipinski definition) is 1. The molecule has 0 aliphatic carbocycles. The van der Waals surface area contributed by atoms with Gasteiger partial charge in [-0.1, -0.05) is 0 Å². The number of fused-ring (bicyclic) bond motifs is 1. The van der Waals surface area contributed by atoms with Crippen LogP contribution in [0.4, 0.5) is 10.6 Å². The standard InChI is InChI=1S/C22H34N4O4/c1-15-24-17-14-19(18(28-7)13-16(17)20(25-15)26(5)6)29-12-10-8-9-11-23-21(27)30-22(2,3)4/h13-14H,8-12H2,1-7H3,(H,23,27). The number of ether oxygens (including phenoxy) is 3. The average molecular weight is 419 g/mol. The van der Waals surface area contributed by atoms with Crippen LogP contribution >= 0.6 is 0 Å². The second-order valence-corrected chi connectivity index (χ2v) is 8.35. The summed E-state index contributed by atoms with van der Waals surface area (Å²) in [7, 11) is 5.53. The van der Waals surface area contributed by atoms with Crippen LogP contribution in [-0.2, 0) is 4.74 Å². The van der Waals surface area contributed by atoms with Gasteiger partial charge in [0, 0.05) is 32.1 Å². The van der Waals surface area contributed by atoms with Gasteiger partial charge in [0.25, 0.3) is 0 Å². The molecular weight excluding hydrogens is 384 g/mol. The zero-order chi connectivity index (χ0) is 22.3. The van der Waals surface area contributed by atoms with Gasteiger partial charge < -0.3 is 24.4 Å². The molecule has 2 aromatic rings. The molecule has 0 saturated heterocycles. The van der Waals surface area contributed by atoms with Crippen molar-refractivity contribution < 1.29 is 19.0 Å². The molecule has 0 aliphatic heterocycles. The third-order valence-electron chi connectivity index (χ3n) is 4.24. The number of rotatable bonds is 9. The van der Waals surface area contributed by atoms with Crippen molar-refractivity contribution in [3.8, 4) is 11.5 Å². The molecule has 0 fully saturated rings. The largest absolute Gasteiger partial charge is 0.493 e. The van der Waals surface area contributed by atoms with Crippen LogP contribution in [-0.4, -0.2) is 56.0 Å². The van der Waals surface area contributed by atoms with Gasteiger partial charge in [-0.3, -0.25) is 0 Å². The van der Waals surface area contributed by atoms with Crippen LogP contribution in [0.5, 0.6) is 11.5 Å². The molecule has 1 amide bonds. The first-order valence-corrected chi connectivity index (χ1v) is 10.2. The van der Waals surface area contributed by atoms with Gasteiger partial charge in [-0.25, -0.2) is 14.8 Å². The van der Waals surface area contributed by atoms with Gasteiger partial charge in [0.1, 0.15) is 17.2 Å². The Balaban J connectivity index is 1.88. The van der Waals surface area contributed by atoms with Gasteiger partial charge in [-0.05, 0) is 53.0 Å². The molecule has 166 valence electrons. The smallest absolute Gasteiger partial charge is 0.407 e. The van der Waals surface area contributed by atoms with E-state index in [1.807, 2.05) is 58.8 Å². The molecule has 30 heavy (non-hydrogen) atoms. The van der Waals surface area contributed by atoms with E-state index in [4.69, 9.17) is 14.2 Å². The molecule has 1 aromatic heterocycles. The van der Waals surface area contributed by atoms with E-state index in [0.717, 1.165) is 36.0 Å². The lowest BCUT2D eigenvalue weighted by molar-refractivity contribution is 0.0527. The molecule has 0 unspecified atom stereocenters. The van der Waals surface area contributed by atoms with E-state index in [9.17, 15) is 4.79 Å². The van der Waals surface area contributed by atoms with Crippen molar-refractivity contribution in [2.45, 2.75) is 52.6 Å². The Morgan fingerprint density at radius 2 is 1.83 bits per heavy atom. The minimum absolute atomic E-state index is 0.381. The van der Waals surface area contributed by atoms with Gasteiger partial charge in [-0.15, -0.1) is 0 Å². The normalized spacial score (nSPS) is 11.3. The lowest BCUT2D eigenvalue weighted by atomic mass is 10.2. The van der Waals surface area contributed by atoms with Crippen molar-refractivity contribution in [2.75, 3.05) is 39.3 Å². The summed E-state index contributed by atoms with van der Waals surface area (Å²) < 4.78 is 16.7. The first-order chi connectivity index (χ1) is 14.1. The van der Waals surface area contributed by atoms with E-state index in [0.29, 0.717) is 30.5 Å². The third kappa shape index (κ3) is 6.93. The van der Waals surface area contributed by atoms with E-state index in [2.05, 4.69) is 15.3 Å². The zero-order valence-electron chi connectivity index (χ0n) is 19.2. The molecule has 8 heteroatoms. The fourth-order valence-electron chi connectivity index (χ4n) is 2.94. The molecule has 1 aromatic carbocycles. The molecule has 2 rings (SSSR count).